The molecule has 0 bridgehead atoms. The highest BCUT2D eigenvalue weighted by Crippen LogP contribution is 2.24. The fourth-order valence-electron chi connectivity index (χ4n) is 1.07. The zero-order valence-electron chi connectivity index (χ0n) is 9.50. The van der Waals surface area contributed by atoms with Crippen LogP contribution in [0.5, 0.6) is 0 Å². The van der Waals surface area contributed by atoms with Crippen molar-refractivity contribution >= 4 is 23.7 Å². The van der Waals surface area contributed by atoms with Crippen LogP contribution < -0.4 is 0 Å². The summed E-state index contributed by atoms with van der Waals surface area (Å²) < 4.78 is 9.79. The molecule has 6 nitrogen and oxygen atoms in total. The molecule has 0 amide bonds. The summed E-state index contributed by atoms with van der Waals surface area (Å²) in [6.07, 6.45) is 1.20. The van der Waals surface area contributed by atoms with E-state index in [4.69, 9.17) is 14.3 Å². The minimum Gasteiger partial charge on any atom is -0.481 e. The smallest absolute Gasteiger partial charge is 0.360 e. The van der Waals surface area contributed by atoms with Gasteiger partial charge in [-0.2, -0.15) is 4.98 Å². The molecular weight excluding hydrogens is 246 g/mol. The van der Waals surface area contributed by atoms with Crippen LogP contribution in [0.1, 0.15) is 30.8 Å². The maximum absolute atomic E-state index is 11.3. The molecule has 1 aromatic heterocycles. The van der Waals surface area contributed by atoms with E-state index in [2.05, 4.69) is 4.98 Å². The van der Waals surface area contributed by atoms with Gasteiger partial charge in [0, 0.05) is 5.25 Å². The molecule has 1 atom stereocenters. The fraction of sp³-hybridized carbons (Fsp3) is 0.500. The minimum absolute atomic E-state index is 0.00177. The van der Waals surface area contributed by atoms with Crippen molar-refractivity contribution in [1.82, 2.24) is 4.98 Å². The van der Waals surface area contributed by atoms with Gasteiger partial charge in [0.15, 0.2) is 5.69 Å². The summed E-state index contributed by atoms with van der Waals surface area (Å²) in [6, 6.07) is 0. The fourth-order valence-corrected chi connectivity index (χ4v) is 1.89. The van der Waals surface area contributed by atoms with Crippen LogP contribution in [-0.2, 0) is 9.53 Å². The molecule has 0 aromatic carbocycles. The van der Waals surface area contributed by atoms with E-state index in [0.717, 1.165) is 11.8 Å². The Morgan fingerprint density at radius 2 is 2.35 bits per heavy atom. The molecular formula is C10H13NO5S. The summed E-state index contributed by atoms with van der Waals surface area (Å²) in [5, 5.41) is 8.67. The standard InChI is InChI=1S/C10H13NO5S/c1-3-15-9(14)7-5-16-10(11-7)17-6(2)4-8(12)13/h5-6H,3-4H2,1-2H3,(H,12,13). The third-order valence-corrected chi connectivity index (χ3v) is 2.69. The Kier molecular flexibility index (Phi) is 5.02. The van der Waals surface area contributed by atoms with E-state index in [1.54, 1.807) is 13.8 Å². The van der Waals surface area contributed by atoms with Crippen molar-refractivity contribution in [2.45, 2.75) is 30.7 Å². The Balaban J connectivity index is 2.56. The van der Waals surface area contributed by atoms with Gasteiger partial charge < -0.3 is 14.3 Å². The van der Waals surface area contributed by atoms with Gasteiger partial charge in [0.1, 0.15) is 6.26 Å². The topological polar surface area (TPSA) is 89.6 Å². The molecule has 7 heteroatoms. The average molecular weight is 259 g/mol. The Hall–Kier alpha value is -1.50. The summed E-state index contributed by atoms with van der Waals surface area (Å²) in [5.74, 6) is -1.43. The van der Waals surface area contributed by atoms with Gasteiger partial charge >= 0.3 is 11.9 Å². The van der Waals surface area contributed by atoms with Gasteiger partial charge in [0.25, 0.3) is 5.22 Å². The maximum Gasteiger partial charge on any atom is 0.360 e. The lowest BCUT2D eigenvalue weighted by Crippen LogP contribution is -2.06. The number of esters is 1. The quantitative estimate of drug-likeness (QED) is 0.615. The number of nitrogens with zero attached hydrogens (tertiary/aromatic N) is 1. The Bertz CT molecular complexity index is 403. The third kappa shape index (κ3) is 4.48. The molecule has 0 aliphatic carbocycles. The molecule has 1 unspecified atom stereocenters. The third-order valence-electron chi connectivity index (χ3n) is 1.73. The van der Waals surface area contributed by atoms with Crippen LogP contribution in [0.3, 0.4) is 0 Å². The number of carbonyl (C=O) groups excluding carboxylic acids is 1. The Morgan fingerprint density at radius 1 is 1.65 bits per heavy atom. The van der Waals surface area contributed by atoms with E-state index in [9.17, 15) is 9.59 Å². The van der Waals surface area contributed by atoms with Crippen LogP contribution in [0.2, 0.25) is 0 Å². The van der Waals surface area contributed by atoms with Crippen molar-refractivity contribution in [2.75, 3.05) is 6.61 Å². The van der Waals surface area contributed by atoms with Gasteiger partial charge in [-0.1, -0.05) is 18.7 Å². The monoisotopic (exact) mass is 259 g/mol. The maximum atomic E-state index is 11.3. The predicted octanol–water partition coefficient (Wildman–Crippen LogP) is 1.81. The van der Waals surface area contributed by atoms with Gasteiger partial charge in [0.2, 0.25) is 0 Å². The van der Waals surface area contributed by atoms with Crippen LogP contribution in [0, 0.1) is 0 Å². The van der Waals surface area contributed by atoms with E-state index in [1.165, 1.54) is 6.26 Å². The summed E-state index contributed by atoms with van der Waals surface area (Å²) in [5.41, 5.74) is 0.0943. The van der Waals surface area contributed by atoms with Crippen molar-refractivity contribution in [3.63, 3.8) is 0 Å². The van der Waals surface area contributed by atoms with Crippen LogP contribution in [0.25, 0.3) is 0 Å². The molecule has 1 rings (SSSR count). The number of carboxylic acids is 1. The Morgan fingerprint density at radius 3 is 2.94 bits per heavy atom. The molecule has 0 aliphatic heterocycles. The van der Waals surface area contributed by atoms with E-state index in [1.807, 2.05) is 0 Å². The van der Waals surface area contributed by atoms with Crippen LogP contribution in [0.4, 0.5) is 0 Å². The first-order chi connectivity index (χ1) is 8.02. The van der Waals surface area contributed by atoms with Crippen molar-refractivity contribution in [3.8, 4) is 0 Å². The molecule has 1 N–H and O–H groups in total. The van der Waals surface area contributed by atoms with Gasteiger partial charge in [-0.05, 0) is 6.92 Å². The predicted molar refractivity (Wildman–Crippen MR) is 60.0 cm³/mol. The van der Waals surface area contributed by atoms with E-state index in [-0.39, 0.29) is 29.2 Å². The number of carbonyl (C=O) groups is 2. The number of rotatable bonds is 6. The average Bonchev–Trinajstić information content (AvgIpc) is 2.65. The summed E-state index contributed by atoms with van der Waals surface area (Å²) in [6.45, 7) is 3.71. The van der Waals surface area contributed by atoms with Crippen LogP contribution in [0.15, 0.2) is 15.9 Å². The van der Waals surface area contributed by atoms with Crippen molar-refractivity contribution in [3.05, 3.63) is 12.0 Å². The molecule has 1 heterocycles. The highest BCUT2D eigenvalue weighted by Gasteiger charge is 2.16. The van der Waals surface area contributed by atoms with Crippen molar-refractivity contribution in [2.24, 2.45) is 0 Å². The number of ether oxygens (including phenoxy) is 1. The molecule has 17 heavy (non-hydrogen) atoms. The van der Waals surface area contributed by atoms with Crippen LogP contribution in [-0.4, -0.2) is 33.9 Å². The normalized spacial score (nSPS) is 12.1. The summed E-state index contributed by atoms with van der Waals surface area (Å²) in [7, 11) is 0. The van der Waals surface area contributed by atoms with E-state index < -0.39 is 11.9 Å². The number of thioether (sulfide) groups is 1. The molecule has 0 saturated heterocycles. The first kappa shape index (κ1) is 13.6. The Labute approximate surface area is 102 Å². The minimum atomic E-state index is -0.887. The zero-order valence-corrected chi connectivity index (χ0v) is 10.3. The summed E-state index contributed by atoms with van der Waals surface area (Å²) >= 11 is 1.16. The number of carboxylic acid groups (broad SMARTS) is 1. The highest BCUT2D eigenvalue weighted by molar-refractivity contribution is 7.99. The molecule has 94 valence electrons. The largest absolute Gasteiger partial charge is 0.481 e. The second kappa shape index (κ2) is 6.29. The van der Waals surface area contributed by atoms with Gasteiger partial charge in [-0.3, -0.25) is 4.79 Å². The molecule has 0 aliphatic rings. The summed E-state index contributed by atoms with van der Waals surface area (Å²) in [4.78, 5) is 25.6. The van der Waals surface area contributed by atoms with E-state index >= 15 is 0 Å². The van der Waals surface area contributed by atoms with Gasteiger partial charge in [-0.15, -0.1) is 0 Å². The molecule has 0 spiro atoms. The lowest BCUT2D eigenvalue weighted by molar-refractivity contribution is -0.136. The molecule has 0 saturated carbocycles. The number of aliphatic carboxylic acids is 1. The first-order valence-electron chi connectivity index (χ1n) is 5.04. The number of aromatic nitrogens is 1. The zero-order chi connectivity index (χ0) is 12.8. The number of hydrogen-bond donors (Lipinski definition) is 1. The lowest BCUT2D eigenvalue weighted by Gasteiger charge is -2.03. The number of oxazole rings is 1. The first-order valence-corrected chi connectivity index (χ1v) is 5.92. The van der Waals surface area contributed by atoms with Gasteiger partial charge in [0.05, 0.1) is 13.0 Å². The van der Waals surface area contributed by atoms with E-state index in [0.29, 0.717) is 0 Å². The van der Waals surface area contributed by atoms with Crippen molar-refractivity contribution in [1.29, 1.82) is 0 Å². The van der Waals surface area contributed by atoms with Crippen LogP contribution >= 0.6 is 11.8 Å². The molecule has 1 aromatic rings. The highest BCUT2D eigenvalue weighted by atomic mass is 32.2. The second-order valence-corrected chi connectivity index (χ2v) is 4.64. The second-order valence-electron chi connectivity index (χ2n) is 3.25. The lowest BCUT2D eigenvalue weighted by atomic mass is 10.3. The SMILES string of the molecule is CCOC(=O)c1coc(SC(C)CC(=O)O)n1. The number of hydrogen-bond acceptors (Lipinski definition) is 6. The van der Waals surface area contributed by atoms with Gasteiger partial charge in [-0.25, -0.2) is 4.79 Å². The molecule has 0 radical (unpaired) electrons. The molecule has 0 fully saturated rings. The van der Waals surface area contributed by atoms with Crippen molar-refractivity contribution < 1.29 is 23.8 Å².